The second-order valence-corrected chi connectivity index (χ2v) is 11.9. The zero-order valence-electron chi connectivity index (χ0n) is 22.1. The molecule has 3 heterocycles. The zero-order valence-corrected chi connectivity index (χ0v) is 23.7. The number of anilines is 2. The smallest absolute Gasteiger partial charge is 0.305 e. The number of aromatic nitrogens is 1. The average Bonchev–Trinajstić information content (AvgIpc) is 3.47. The Morgan fingerprint density at radius 3 is 2.29 bits per heavy atom. The summed E-state index contributed by atoms with van der Waals surface area (Å²) in [6.07, 6.45) is 0. The van der Waals surface area contributed by atoms with Crippen LogP contribution in [0.25, 0.3) is 0 Å². The van der Waals surface area contributed by atoms with Gasteiger partial charge in [-0.05, 0) is 61.0 Å². The largest absolute Gasteiger partial charge is 0.497 e. The zero-order chi connectivity index (χ0) is 28.7. The molecule has 2 aliphatic heterocycles. The minimum atomic E-state index is -0.671. The quantitative estimate of drug-likeness (QED) is 0.304. The van der Waals surface area contributed by atoms with Gasteiger partial charge >= 0.3 is 4.87 Å². The van der Waals surface area contributed by atoms with Gasteiger partial charge in [-0.2, -0.15) is 0 Å². The van der Waals surface area contributed by atoms with E-state index in [1.54, 1.807) is 55.6 Å². The van der Waals surface area contributed by atoms with Crippen LogP contribution >= 0.6 is 23.1 Å². The number of hydrogen-bond donors (Lipinski definition) is 2. The molecule has 3 aromatic carbocycles. The lowest BCUT2D eigenvalue weighted by Crippen LogP contribution is -2.32. The monoisotopic (exact) mass is 587 g/mol. The van der Waals surface area contributed by atoms with E-state index in [0.29, 0.717) is 27.9 Å². The summed E-state index contributed by atoms with van der Waals surface area (Å²) in [6.45, 7) is 1.75. The molecule has 1 fully saturated rings. The number of rotatable bonds is 7. The summed E-state index contributed by atoms with van der Waals surface area (Å²) in [5.41, 5.74) is 2.96. The number of amides is 3. The third-order valence-corrected chi connectivity index (χ3v) is 9.50. The molecule has 9 nitrogen and oxygen atoms in total. The Morgan fingerprint density at radius 1 is 0.927 bits per heavy atom. The van der Waals surface area contributed by atoms with E-state index in [-0.39, 0.29) is 29.2 Å². The Kier molecular flexibility index (Phi) is 7.14. The number of thiazole rings is 1. The average molecular weight is 588 g/mol. The van der Waals surface area contributed by atoms with Gasteiger partial charge in [-0.3, -0.25) is 19.2 Å². The summed E-state index contributed by atoms with van der Waals surface area (Å²) < 4.78 is 10.8. The number of imide groups is 1. The van der Waals surface area contributed by atoms with Gasteiger partial charge in [-0.25, -0.2) is 4.90 Å². The molecule has 6 rings (SSSR count). The van der Waals surface area contributed by atoms with Gasteiger partial charge in [-0.1, -0.05) is 52.9 Å². The first-order chi connectivity index (χ1) is 19.8. The Hall–Kier alpha value is -4.35. The van der Waals surface area contributed by atoms with Crippen LogP contribution in [0.2, 0.25) is 0 Å². The second kappa shape index (κ2) is 10.9. The standard InChI is InChI=1S/C30H25N3O6S2/c1-16-3-9-19(10-4-16)33-28(35)24-23(25-27(32-30(37)41-25)40-26(24)29(33)36)17-5-11-21(12-6-17)39-15-22(34)31-18-7-13-20(38-2)14-8-18/h3-14,23-24,26H,15H2,1-2H3,(H,31,34)(H,32,37)/t23-,24?,26?/m1/s1. The second-order valence-electron chi connectivity index (χ2n) is 9.73. The number of carbonyl (C=O) groups is 3. The van der Waals surface area contributed by atoms with Crippen LogP contribution in [0.4, 0.5) is 11.4 Å². The lowest BCUT2D eigenvalue weighted by Gasteiger charge is -2.29. The van der Waals surface area contributed by atoms with Gasteiger partial charge in [0, 0.05) is 16.5 Å². The van der Waals surface area contributed by atoms with Crippen LogP contribution in [-0.2, 0) is 14.4 Å². The van der Waals surface area contributed by atoms with Gasteiger partial charge in [0.25, 0.3) is 5.91 Å². The fourth-order valence-corrected chi connectivity index (χ4v) is 7.63. The number of ether oxygens (including phenoxy) is 2. The maximum absolute atomic E-state index is 13.8. The van der Waals surface area contributed by atoms with Crippen molar-refractivity contribution in [1.29, 1.82) is 0 Å². The van der Waals surface area contributed by atoms with Crippen LogP contribution in [0, 0.1) is 12.8 Å². The summed E-state index contributed by atoms with van der Waals surface area (Å²) in [7, 11) is 1.57. The number of aromatic amines is 1. The number of methoxy groups -OCH3 is 1. The molecular formula is C30H25N3O6S2. The van der Waals surface area contributed by atoms with Gasteiger partial charge in [0.1, 0.15) is 16.7 Å². The fraction of sp³-hybridized carbons (Fsp3) is 0.200. The SMILES string of the molecule is COc1ccc(NC(=O)COc2ccc([C@H]3c4sc(=O)[nH]c4SC4C(=O)N(c5ccc(C)cc5)C(=O)C43)cc2)cc1. The van der Waals surface area contributed by atoms with E-state index >= 15 is 0 Å². The molecule has 11 heteroatoms. The predicted octanol–water partition coefficient (Wildman–Crippen LogP) is 4.57. The first-order valence-electron chi connectivity index (χ1n) is 12.8. The number of thioether (sulfide) groups is 1. The van der Waals surface area contributed by atoms with Crippen molar-refractivity contribution in [3.05, 3.63) is 98.5 Å². The number of carbonyl (C=O) groups excluding carboxylic acids is 3. The minimum absolute atomic E-state index is 0.196. The summed E-state index contributed by atoms with van der Waals surface area (Å²) in [4.78, 5) is 56.6. The van der Waals surface area contributed by atoms with Crippen molar-refractivity contribution in [2.75, 3.05) is 23.9 Å². The summed E-state index contributed by atoms with van der Waals surface area (Å²) >= 11 is 2.30. The summed E-state index contributed by atoms with van der Waals surface area (Å²) in [5.74, 6) is -0.901. The molecular weight excluding hydrogens is 562 g/mol. The van der Waals surface area contributed by atoms with Gasteiger partial charge in [0.05, 0.1) is 23.7 Å². The Balaban J connectivity index is 1.22. The lowest BCUT2D eigenvalue weighted by atomic mass is 9.83. The van der Waals surface area contributed by atoms with E-state index in [1.807, 2.05) is 31.2 Å². The molecule has 2 aliphatic rings. The molecule has 3 atom stereocenters. The fourth-order valence-electron chi connectivity index (χ4n) is 5.12. The number of aryl methyl sites for hydroxylation is 1. The molecule has 2 N–H and O–H groups in total. The molecule has 0 aliphatic carbocycles. The van der Waals surface area contributed by atoms with E-state index in [2.05, 4.69) is 10.3 Å². The van der Waals surface area contributed by atoms with Crippen LogP contribution in [0.15, 0.2) is 82.6 Å². The number of fused-ring (bicyclic) bond motifs is 2. The first-order valence-corrected chi connectivity index (χ1v) is 14.5. The highest BCUT2D eigenvalue weighted by Crippen LogP contribution is 2.53. The number of H-pyrrole nitrogens is 1. The van der Waals surface area contributed by atoms with E-state index < -0.39 is 17.1 Å². The van der Waals surface area contributed by atoms with Crippen LogP contribution in [0.3, 0.4) is 0 Å². The highest BCUT2D eigenvalue weighted by Gasteiger charge is 2.56. The van der Waals surface area contributed by atoms with Crippen molar-refractivity contribution in [3.8, 4) is 11.5 Å². The van der Waals surface area contributed by atoms with E-state index in [4.69, 9.17) is 9.47 Å². The van der Waals surface area contributed by atoms with Crippen molar-refractivity contribution in [2.24, 2.45) is 5.92 Å². The summed E-state index contributed by atoms with van der Waals surface area (Å²) in [6, 6.07) is 21.3. The Morgan fingerprint density at radius 2 is 1.61 bits per heavy atom. The molecule has 1 saturated heterocycles. The van der Waals surface area contributed by atoms with E-state index in [9.17, 15) is 19.2 Å². The van der Waals surface area contributed by atoms with Crippen molar-refractivity contribution >= 4 is 52.2 Å². The Bertz CT molecular complexity index is 1680. The van der Waals surface area contributed by atoms with Crippen molar-refractivity contribution < 1.29 is 23.9 Å². The normalized spacial score (nSPS) is 19.5. The third-order valence-electron chi connectivity index (χ3n) is 7.10. The molecule has 0 radical (unpaired) electrons. The van der Waals surface area contributed by atoms with Crippen LogP contribution in [0.5, 0.6) is 11.5 Å². The van der Waals surface area contributed by atoms with Gasteiger partial charge in [-0.15, -0.1) is 0 Å². The molecule has 0 saturated carbocycles. The number of benzene rings is 3. The van der Waals surface area contributed by atoms with Crippen molar-refractivity contribution in [1.82, 2.24) is 4.98 Å². The number of hydrogen-bond acceptors (Lipinski definition) is 8. The maximum Gasteiger partial charge on any atom is 0.305 e. The number of nitrogens with one attached hydrogen (secondary N) is 2. The molecule has 3 amide bonds. The molecule has 4 aromatic rings. The first kappa shape index (κ1) is 26.9. The van der Waals surface area contributed by atoms with Gasteiger partial charge < -0.3 is 19.8 Å². The molecule has 2 unspecified atom stereocenters. The molecule has 208 valence electrons. The summed E-state index contributed by atoms with van der Waals surface area (Å²) in [5, 5.41) is 2.72. The van der Waals surface area contributed by atoms with Crippen LogP contribution in [-0.4, -0.2) is 41.7 Å². The molecule has 1 aromatic heterocycles. The highest BCUT2D eigenvalue weighted by molar-refractivity contribution is 8.00. The third kappa shape index (κ3) is 5.14. The predicted molar refractivity (Wildman–Crippen MR) is 157 cm³/mol. The van der Waals surface area contributed by atoms with Crippen LogP contribution in [0.1, 0.15) is 21.9 Å². The topological polar surface area (TPSA) is 118 Å². The number of nitrogens with zero attached hydrogens (tertiary/aromatic N) is 1. The highest BCUT2D eigenvalue weighted by atomic mass is 32.2. The minimum Gasteiger partial charge on any atom is -0.497 e. The van der Waals surface area contributed by atoms with Crippen molar-refractivity contribution in [2.45, 2.75) is 23.1 Å². The molecule has 0 bridgehead atoms. The lowest BCUT2D eigenvalue weighted by molar-refractivity contribution is -0.122. The maximum atomic E-state index is 13.8. The van der Waals surface area contributed by atoms with E-state index in [0.717, 1.165) is 27.3 Å². The van der Waals surface area contributed by atoms with Gasteiger partial charge in [0.15, 0.2) is 6.61 Å². The molecule has 41 heavy (non-hydrogen) atoms. The Labute approximate surface area is 243 Å². The van der Waals surface area contributed by atoms with E-state index in [1.165, 1.54) is 16.7 Å². The molecule has 0 spiro atoms. The van der Waals surface area contributed by atoms with Crippen LogP contribution < -0.4 is 24.6 Å². The van der Waals surface area contributed by atoms with Gasteiger partial charge in [0.2, 0.25) is 11.8 Å². The van der Waals surface area contributed by atoms with Crippen molar-refractivity contribution in [3.63, 3.8) is 0 Å².